The molecule has 2 N–H and O–H groups in total. The number of halogens is 1. The second-order valence-corrected chi connectivity index (χ2v) is 6.66. The van der Waals surface area contributed by atoms with E-state index in [-0.39, 0.29) is 18.0 Å². The van der Waals surface area contributed by atoms with Crippen molar-refractivity contribution in [2.24, 2.45) is 0 Å². The van der Waals surface area contributed by atoms with E-state index in [0.29, 0.717) is 22.2 Å². The van der Waals surface area contributed by atoms with Crippen molar-refractivity contribution in [2.75, 3.05) is 0 Å². The van der Waals surface area contributed by atoms with Crippen molar-refractivity contribution < 1.29 is 17.9 Å². The van der Waals surface area contributed by atoms with Crippen molar-refractivity contribution in [3.63, 3.8) is 0 Å². The van der Waals surface area contributed by atoms with E-state index in [1.165, 1.54) is 18.2 Å². The Balaban J connectivity index is 2.18. The SMILES string of the molecule is Cc1nc(CNS(=O)(=O)c2ccc(Cl)c(CO)c2)oc1C. The molecule has 21 heavy (non-hydrogen) atoms. The van der Waals surface area contributed by atoms with Crippen LogP contribution in [0.25, 0.3) is 0 Å². The molecule has 2 rings (SSSR count). The lowest BCUT2D eigenvalue weighted by atomic mass is 10.2. The highest BCUT2D eigenvalue weighted by atomic mass is 35.5. The number of benzene rings is 1. The predicted molar refractivity (Wildman–Crippen MR) is 77.4 cm³/mol. The van der Waals surface area contributed by atoms with Crippen molar-refractivity contribution in [1.82, 2.24) is 9.71 Å². The summed E-state index contributed by atoms with van der Waals surface area (Å²) in [5.74, 6) is 0.947. The summed E-state index contributed by atoms with van der Waals surface area (Å²) in [5, 5.41) is 9.44. The quantitative estimate of drug-likeness (QED) is 0.873. The molecule has 0 radical (unpaired) electrons. The number of aliphatic hydroxyl groups is 1. The predicted octanol–water partition coefficient (Wildman–Crippen LogP) is 1.92. The van der Waals surface area contributed by atoms with Gasteiger partial charge in [-0.3, -0.25) is 0 Å². The van der Waals surface area contributed by atoms with Crippen LogP contribution in [0.4, 0.5) is 0 Å². The van der Waals surface area contributed by atoms with Crippen LogP contribution < -0.4 is 4.72 Å². The first-order valence-electron chi connectivity index (χ1n) is 6.15. The van der Waals surface area contributed by atoms with Gasteiger partial charge in [0.2, 0.25) is 15.9 Å². The Morgan fingerprint density at radius 1 is 1.38 bits per heavy atom. The molecule has 0 aliphatic heterocycles. The van der Waals surface area contributed by atoms with Crippen LogP contribution in [0.1, 0.15) is 22.9 Å². The summed E-state index contributed by atoms with van der Waals surface area (Å²) >= 11 is 5.84. The molecule has 0 amide bonds. The van der Waals surface area contributed by atoms with Gasteiger partial charge in [0.25, 0.3) is 0 Å². The van der Waals surface area contributed by atoms with Crippen molar-refractivity contribution in [2.45, 2.75) is 31.9 Å². The Morgan fingerprint density at radius 2 is 2.10 bits per heavy atom. The lowest BCUT2D eigenvalue weighted by molar-refractivity contribution is 0.281. The third kappa shape index (κ3) is 3.62. The third-order valence-electron chi connectivity index (χ3n) is 2.98. The molecule has 0 saturated heterocycles. The standard InChI is InChI=1S/C13H15ClN2O4S/c1-8-9(2)20-13(16-8)6-15-21(18,19)11-3-4-12(14)10(5-11)7-17/h3-5,15,17H,6-7H2,1-2H3. The molecular formula is C13H15ClN2O4S. The van der Waals surface area contributed by atoms with Crippen LogP contribution in [0.15, 0.2) is 27.5 Å². The second kappa shape index (κ2) is 6.15. The Bertz CT molecular complexity index is 736. The van der Waals surface area contributed by atoms with Crippen LogP contribution in [-0.2, 0) is 23.2 Å². The lowest BCUT2D eigenvalue weighted by Gasteiger charge is -2.07. The molecule has 0 aliphatic rings. The molecule has 0 saturated carbocycles. The first-order valence-corrected chi connectivity index (χ1v) is 8.01. The highest BCUT2D eigenvalue weighted by Gasteiger charge is 2.17. The molecule has 1 heterocycles. The molecule has 1 aromatic carbocycles. The molecule has 0 fully saturated rings. The minimum atomic E-state index is -3.73. The van der Waals surface area contributed by atoms with Crippen LogP contribution in [-0.4, -0.2) is 18.5 Å². The Hall–Kier alpha value is -1.41. The van der Waals surface area contributed by atoms with Crippen LogP contribution in [0, 0.1) is 13.8 Å². The van der Waals surface area contributed by atoms with Gasteiger partial charge in [0.05, 0.1) is 23.7 Å². The summed E-state index contributed by atoms with van der Waals surface area (Å²) in [7, 11) is -3.73. The van der Waals surface area contributed by atoms with E-state index < -0.39 is 10.0 Å². The van der Waals surface area contributed by atoms with Crippen LogP contribution in [0.5, 0.6) is 0 Å². The number of oxazole rings is 1. The molecular weight excluding hydrogens is 316 g/mol. The van der Waals surface area contributed by atoms with E-state index in [0.717, 1.165) is 5.69 Å². The van der Waals surface area contributed by atoms with Crippen molar-refractivity contribution in [3.8, 4) is 0 Å². The normalized spacial score (nSPS) is 11.8. The summed E-state index contributed by atoms with van der Waals surface area (Å²) in [6.45, 7) is 3.16. The number of aliphatic hydroxyl groups excluding tert-OH is 1. The molecule has 0 spiro atoms. The van der Waals surface area contributed by atoms with Crippen LogP contribution in [0.2, 0.25) is 5.02 Å². The van der Waals surface area contributed by atoms with Gasteiger partial charge in [0, 0.05) is 5.02 Å². The van der Waals surface area contributed by atoms with E-state index >= 15 is 0 Å². The molecule has 0 atom stereocenters. The summed E-state index contributed by atoms with van der Waals surface area (Å²) in [4.78, 5) is 4.12. The Morgan fingerprint density at radius 3 is 2.67 bits per heavy atom. The smallest absolute Gasteiger partial charge is 0.241 e. The maximum Gasteiger partial charge on any atom is 0.241 e. The van der Waals surface area contributed by atoms with Crippen molar-refractivity contribution in [1.29, 1.82) is 0 Å². The topological polar surface area (TPSA) is 92.4 Å². The van der Waals surface area contributed by atoms with Gasteiger partial charge in [-0.05, 0) is 37.6 Å². The average molecular weight is 331 g/mol. The fraction of sp³-hybridized carbons (Fsp3) is 0.308. The first kappa shape index (κ1) is 16.0. The number of hydrogen-bond acceptors (Lipinski definition) is 5. The number of aryl methyl sites for hydroxylation is 2. The van der Waals surface area contributed by atoms with Gasteiger partial charge in [-0.1, -0.05) is 11.6 Å². The zero-order chi connectivity index (χ0) is 15.6. The van der Waals surface area contributed by atoms with E-state index in [1.807, 2.05) is 0 Å². The second-order valence-electron chi connectivity index (χ2n) is 4.49. The van der Waals surface area contributed by atoms with Crippen molar-refractivity contribution >= 4 is 21.6 Å². The molecule has 0 bridgehead atoms. The van der Waals surface area contributed by atoms with Crippen LogP contribution >= 0.6 is 11.6 Å². The fourth-order valence-electron chi connectivity index (χ4n) is 1.69. The number of hydrogen-bond donors (Lipinski definition) is 2. The molecule has 0 aliphatic carbocycles. The Kier molecular flexibility index (Phi) is 4.67. The van der Waals surface area contributed by atoms with Gasteiger partial charge in [-0.2, -0.15) is 0 Å². The zero-order valence-corrected chi connectivity index (χ0v) is 13.1. The number of sulfonamides is 1. The third-order valence-corrected chi connectivity index (χ3v) is 4.75. The van der Waals surface area contributed by atoms with Gasteiger partial charge in [-0.25, -0.2) is 18.1 Å². The van der Waals surface area contributed by atoms with E-state index in [4.69, 9.17) is 21.1 Å². The van der Waals surface area contributed by atoms with Gasteiger partial charge in [-0.15, -0.1) is 0 Å². The average Bonchev–Trinajstić information content (AvgIpc) is 2.76. The molecule has 2 aromatic rings. The summed E-state index contributed by atoms with van der Waals surface area (Å²) in [5.41, 5.74) is 1.07. The number of nitrogens with one attached hydrogen (secondary N) is 1. The summed E-state index contributed by atoms with van der Waals surface area (Å²) in [6.07, 6.45) is 0. The minimum Gasteiger partial charge on any atom is -0.444 e. The molecule has 6 nitrogen and oxygen atoms in total. The number of nitrogens with zero attached hydrogens (tertiary/aromatic N) is 1. The zero-order valence-electron chi connectivity index (χ0n) is 11.6. The summed E-state index contributed by atoms with van der Waals surface area (Å²) < 4.78 is 32.0. The van der Waals surface area contributed by atoms with Gasteiger partial charge >= 0.3 is 0 Å². The first-order chi connectivity index (χ1) is 9.83. The Labute approximate surface area is 127 Å². The van der Waals surface area contributed by atoms with Gasteiger partial charge in [0.15, 0.2) is 0 Å². The molecule has 0 unspecified atom stereocenters. The monoisotopic (exact) mass is 330 g/mol. The minimum absolute atomic E-state index is 0.0240. The molecule has 8 heteroatoms. The lowest BCUT2D eigenvalue weighted by Crippen LogP contribution is -2.23. The van der Waals surface area contributed by atoms with Crippen molar-refractivity contribution in [3.05, 3.63) is 46.1 Å². The van der Waals surface area contributed by atoms with E-state index in [1.54, 1.807) is 13.8 Å². The number of rotatable bonds is 5. The highest BCUT2D eigenvalue weighted by Crippen LogP contribution is 2.20. The van der Waals surface area contributed by atoms with Gasteiger partial charge < -0.3 is 9.52 Å². The maximum absolute atomic E-state index is 12.2. The largest absolute Gasteiger partial charge is 0.444 e. The highest BCUT2D eigenvalue weighted by molar-refractivity contribution is 7.89. The van der Waals surface area contributed by atoms with Crippen LogP contribution in [0.3, 0.4) is 0 Å². The number of aromatic nitrogens is 1. The molecule has 1 aromatic heterocycles. The maximum atomic E-state index is 12.2. The van der Waals surface area contributed by atoms with E-state index in [9.17, 15) is 8.42 Å². The fourth-order valence-corrected chi connectivity index (χ4v) is 2.90. The van der Waals surface area contributed by atoms with E-state index in [2.05, 4.69) is 9.71 Å². The summed E-state index contributed by atoms with van der Waals surface area (Å²) in [6, 6.07) is 4.13. The van der Waals surface area contributed by atoms with Gasteiger partial charge in [0.1, 0.15) is 5.76 Å². The molecule has 114 valence electrons.